The lowest BCUT2D eigenvalue weighted by atomic mass is 9.97. The predicted octanol–water partition coefficient (Wildman–Crippen LogP) is 1.70. The Morgan fingerprint density at radius 3 is 2.74 bits per heavy atom. The number of anilines is 1. The van der Waals surface area contributed by atoms with E-state index in [0.29, 0.717) is 5.88 Å². The van der Waals surface area contributed by atoms with Gasteiger partial charge in [0.2, 0.25) is 5.88 Å². The predicted molar refractivity (Wildman–Crippen MR) is 76.7 cm³/mol. The summed E-state index contributed by atoms with van der Waals surface area (Å²) in [5.41, 5.74) is 0. The summed E-state index contributed by atoms with van der Waals surface area (Å²) in [5.74, 6) is 2.43. The van der Waals surface area contributed by atoms with E-state index in [0.717, 1.165) is 31.4 Å². The molecule has 1 aromatic rings. The normalized spacial score (nSPS) is 16.9. The third-order valence-corrected chi connectivity index (χ3v) is 3.42. The zero-order valence-corrected chi connectivity index (χ0v) is 12.1. The van der Waals surface area contributed by atoms with Crippen molar-refractivity contribution in [2.45, 2.75) is 32.8 Å². The van der Waals surface area contributed by atoms with Crippen molar-refractivity contribution >= 4 is 5.82 Å². The first-order chi connectivity index (χ1) is 9.19. The Bertz CT molecular complexity index is 389. The van der Waals surface area contributed by atoms with Crippen molar-refractivity contribution in [3.8, 4) is 5.88 Å². The molecule has 0 bridgehead atoms. The molecule has 19 heavy (non-hydrogen) atoms. The third kappa shape index (κ3) is 4.06. The van der Waals surface area contributed by atoms with Gasteiger partial charge in [0.05, 0.1) is 6.10 Å². The van der Waals surface area contributed by atoms with Crippen LogP contribution in [0.5, 0.6) is 5.88 Å². The lowest BCUT2D eigenvalue weighted by Crippen LogP contribution is -2.37. The highest BCUT2D eigenvalue weighted by Gasteiger charge is 2.20. The van der Waals surface area contributed by atoms with Gasteiger partial charge in [0.1, 0.15) is 12.1 Å². The summed E-state index contributed by atoms with van der Waals surface area (Å²) in [4.78, 5) is 10.8. The van der Waals surface area contributed by atoms with Gasteiger partial charge < -0.3 is 15.0 Å². The van der Waals surface area contributed by atoms with Crippen molar-refractivity contribution in [1.29, 1.82) is 0 Å². The van der Waals surface area contributed by atoms with Crippen LogP contribution in [0.25, 0.3) is 0 Å². The van der Waals surface area contributed by atoms with Crippen LogP contribution in [0.2, 0.25) is 0 Å². The third-order valence-electron chi connectivity index (χ3n) is 3.42. The number of rotatable bonds is 5. The Morgan fingerprint density at radius 2 is 2.11 bits per heavy atom. The molecule has 2 rings (SSSR count). The fourth-order valence-electron chi connectivity index (χ4n) is 2.46. The van der Waals surface area contributed by atoms with Crippen LogP contribution in [-0.2, 0) is 0 Å². The maximum atomic E-state index is 5.62. The highest BCUT2D eigenvalue weighted by Crippen LogP contribution is 2.23. The molecule has 1 N–H and O–H groups in total. The molecule has 0 amide bonds. The summed E-state index contributed by atoms with van der Waals surface area (Å²) >= 11 is 0. The second-order valence-corrected chi connectivity index (χ2v) is 5.37. The van der Waals surface area contributed by atoms with E-state index in [-0.39, 0.29) is 6.10 Å². The molecule has 1 aromatic heterocycles. The molecule has 0 spiro atoms. The Morgan fingerprint density at radius 1 is 1.37 bits per heavy atom. The van der Waals surface area contributed by atoms with Gasteiger partial charge >= 0.3 is 0 Å². The molecule has 5 heteroatoms. The molecule has 1 fully saturated rings. The molecule has 1 aliphatic heterocycles. The van der Waals surface area contributed by atoms with E-state index < -0.39 is 0 Å². The molecule has 0 atom stereocenters. The van der Waals surface area contributed by atoms with Crippen molar-refractivity contribution in [2.24, 2.45) is 5.92 Å². The van der Waals surface area contributed by atoms with E-state index in [1.54, 1.807) is 6.33 Å². The lowest BCUT2D eigenvalue weighted by molar-refractivity contribution is 0.232. The molecule has 0 saturated carbocycles. The molecule has 0 unspecified atom stereocenters. The minimum Gasteiger partial charge on any atom is -0.475 e. The van der Waals surface area contributed by atoms with Gasteiger partial charge in [-0.1, -0.05) is 0 Å². The molecule has 2 heterocycles. The minimum absolute atomic E-state index is 0.143. The molecular weight excluding hydrogens is 240 g/mol. The fraction of sp³-hybridized carbons (Fsp3) is 0.714. The number of nitrogens with zero attached hydrogens (tertiary/aromatic N) is 3. The van der Waals surface area contributed by atoms with E-state index in [1.807, 2.05) is 27.0 Å². The van der Waals surface area contributed by atoms with Gasteiger partial charge in [-0.15, -0.1) is 0 Å². The van der Waals surface area contributed by atoms with Crippen LogP contribution in [-0.4, -0.2) is 42.8 Å². The molecule has 1 aliphatic rings. The smallest absolute Gasteiger partial charge is 0.218 e. The number of nitrogens with one attached hydrogen (secondary N) is 1. The molecule has 0 aliphatic carbocycles. The largest absolute Gasteiger partial charge is 0.475 e. The van der Waals surface area contributed by atoms with Crippen molar-refractivity contribution in [2.75, 3.05) is 31.6 Å². The van der Waals surface area contributed by atoms with E-state index in [4.69, 9.17) is 4.74 Å². The van der Waals surface area contributed by atoms with Crippen LogP contribution in [0.1, 0.15) is 26.7 Å². The van der Waals surface area contributed by atoms with Crippen LogP contribution in [0.3, 0.4) is 0 Å². The monoisotopic (exact) mass is 264 g/mol. The van der Waals surface area contributed by atoms with Crippen LogP contribution < -0.4 is 15.0 Å². The number of aromatic nitrogens is 2. The number of piperidine rings is 1. The second kappa shape index (κ2) is 6.70. The van der Waals surface area contributed by atoms with Gasteiger partial charge in [0, 0.05) is 19.2 Å². The van der Waals surface area contributed by atoms with E-state index in [9.17, 15) is 0 Å². The van der Waals surface area contributed by atoms with Crippen LogP contribution in [0.4, 0.5) is 5.82 Å². The Hall–Kier alpha value is -1.36. The van der Waals surface area contributed by atoms with Crippen LogP contribution >= 0.6 is 0 Å². The second-order valence-electron chi connectivity index (χ2n) is 5.37. The highest BCUT2D eigenvalue weighted by atomic mass is 16.5. The van der Waals surface area contributed by atoms with E-state index in [1.165, 1.54) is 12.8 Å². The summed E-state index contributed by atoms with van der Waals surface area (Å²) in [6.45, 7) is 7.24. The van der Waals surface area contributed by atoms with E-state index >= 15 is 0 Å². The van der Waals surface area contributed by atoms with Gasteiger partial charge in [-0.05, 0) is 46.2 Å². The van der Waals surface area contributed by atoms with Crippen LogP contribution in [0.15, 0.2) is 12.4 Å². The van der Waals surface area contributed by atoms with Gasteiger partial charge in [-0.3, -0.25) is 0 Å². The topological polar surface area (TPSA) is 50.3 Å². The molecule has 1 saturated heterocycles. The zero-order valence-electron chi connectivity index (χ0n) is 12.1. The first-order valence-electron chi connectivity index (χ1n) is 7.07. The SMILES string of the molecule is CNCC1CCN(c2cc(OC(C)C)ncn2)CC1. The van der Waals surface area contributed by atoms with Gasteiger partial charge in [-0.2, -0.15) is 0 Å². The summed E-state index contributed by atoms with van der Waals surface area (Å²) in [5, 5.41) is 3.26. The molecule has 5 nitrogen and oxygen atoms in total. The molecular formula is C14H24N4O. The summed E-state index contributed by atoms with van der Waals surface area (Å²) in [7, 11) is 2.02. The number of hydrogen-bond donors (Lipinski definition) is 1. The minimum atomic E-state index is 0.143. The van der Waals surface area contributed by atoms with Crippen molar-refractivity contribution in [1.82, 2.24) is 15.3 Å². The average Bonchev–Trinajstić information content (AvgIpc) is 2.39. The highest BCUT2D eigenvalue weighted by molar-refractivity contribution is 5.41. The molecule has 106 valence electrons. The Labute approximate surface area is 115 Å². The number of hydrogen-bond acceptors (Lipinski definition) is 5. The van der Waals surface area contributed by atoms with Gasteiger partial charge in [0.25, 0.3) is 0 Å². The summed E-state index contributed by atoms with van der Waals surface area (Å²) < 4.78 is 5.62. The van der Waals surface area contributed by atoms with Crippen molar-refractivity contribution in [3.05, 3.63) is 12.4 Å². The van der Waals surface area contributed by atoms with Gasteiger partial charge in [-0.25, -0.2) is 9.97 Å². The van der Waals surface area contributed by atoms with Crippen molar-refractivity contribution in [3.63, 3.8) is 0 Å². The van der Waals surface area contributed by atoms with Gasteiger partial charge in [0.15, 0.2) is 0 Å². The quantitative estimate of drug-likeness (QED) is 0.877. The average molecular weight is 264 g/mol. The maximum Gasteiger partial charge on any atom is 0.218 e. The van der Waals surface area contributed by atoms with E-state index in [2.05, 4.69) is 20.2 Å². The lowest BCUT2D eigenvalue weighted by Gasteiger charge is -2.32. The summed E-state index contributed by atoms with van der Waals surface area (Å²) in [6, 6.07) is 1.94. The molecule has 0 aromatic carbocycles. The first-order valence-corrected chi connectivity index (χ1v) is 7.07. The fourth-order valence-corrected chi connectivity index (χ4v) is 2.46. The van der Waals surface area contributed by atoms with Crippen LogP contribution in [0, 0.1) is 5.92 Å². The summed E-state index contributed by atoms with van der Waals surface area (Å²) in [6.07, 6.45) is 4.16. The maximum absolute atomic E-state index is 5.62. The molecule has 0 radical (unpaired) electrons. The number of ether oxygens (including phenoxy) is 1. The first kappa shape index (κ1) is 14.1. The Balaban J connectivity index is 1.95. The zero-order chi connectivity index (χ0) is 13.7. The Kier molecular flexibility index (Phi) is 4.96. The van der Waals surface area contributed by atoms with Crippen molar-refractivity contribution < 1.29 is 4.74 Å². The standard InChI is InChI=1S/C14H24N4O/c1-11(2)19-14-8-13(16-10-17-14)18-6-4-12(5-7-18)9-15-3/h8,10-12,15H,4-7,9H2,1-3H3.